The quantitative estimate of drug-likeness (QED) is 0.753. The molecule has 2 rings (SSSR count). The number of likely N-dealkylation sites (N-methyl/N-ethyl adjacent to an activating group) is 1. The third kappa shape index (κ3) is 3.42. The summed E-state index contributed by atoms with van der Waals surface area (Å²) in [4.78, 5) is 13.9. The number of amides is 1. The summed E-state index contributed by atoms with van der Waals surface area (Å²) in [6.45, 7) is 7.26. The Morgan fingerprint density at radius 3 is 2.71 bits per heavy atom. The molecule has 2 atom stereocenters. The van der Waals surface area contributed by atoms with Gasteiger partial charge in [-0.15, -0.1) is 0 Å². The van der Waals surface area contributed by atoms with Crippen molar-refractivity contribution in [2.45, 2.75) is 45.3 Å². The van der Waals surface area contributed by atoms with Crippen LogP contribution in [0.15, 0.2) is 0 Å². The van der Waals surface area contributed by atoms with E-state index in [1.807, 2.05) is 4.90 Å². The van der Waals surface area contributed by atoms with Gasteiger partial charge in [-0.1, -0.05) is 0 Å². The maximum Gasteiger partial charge on any atom is 0.236 e. The molecule has 1 amide bonds. The van der Waals surface area contributed by atoms with Gasteiger partial charge in [-0.25, -0.2) is 0 Å². The lowest BCUT2D eigenvalue weighted by Gasteiger charge is -2.21. The number of carbonyl (C=O) groups is 1. The van der Waals surface area contributed by atoms with Crippen LogP contribution in [0.5, 0.6) is 0 Å². The van der Waals surface area contributed by atoms with E-state index in [9.17, 15) is 4.79 Å². The van der Waals surface area contributed by atoms with Gasteiger partial charge in [-0.2, -0.15) is 0 Å². The van der Waals surface area contributed by atoms with Crippen molar-refractivity contribution in [1.82, 2.24) is 10.2 Å². The minimum Gasteiger partial charge on any atom is -0.378 e. The summed E-state index contributed by atoms with van der Waals surface area (Å²) in [7, 11) is 0. The first-order valence-corrected chi connectivity index (χ1v) is 6.84. The molecular formula is C13H24N2O2. The second-order valence-corrected chi connectivity index (χ2v) is 5.17. The Balaban J connectivity index is 1.65. The number of hydrogen-bond acceptors (Lipinski definition) is 3. The van der Waals surface area contributed by atoms with Crippen LogP contribution in [-0.2, 0) is 9.53 Å². The monoisotopic (exact) mass is 240 g/mol. The van der Waals surface area contributed by atoms with Crippen molar-refractivity contribution in [2.24, 2.45) is 5.92 Å². The molecule has 0 radical (unpaired) electrons. The molecule has 0 aromatic rings. The van der Waals surface area contributed by atoms with Crippen LogP contribution >= 0.6 is 0 Å². The predicted molar refractivity (Wildman–Crippen MR) is 66.8 cm³/mol. The minimum atomic E-state index is 0.251. The molecule has 1 saturated carbocycles. The first kappa shape index (κ1) is 12.8. The SMILES string of the molecule is CCN(C(=O)CNCC1CCOC1C)C1CC1. The molecule has 0 bridgehead atoms. The second-order valence-electron chi connectivity index (χ2n) is 5.17. The number of hydrogen-bond donors (Lipinski definition) is 1. The van der Waals surface area contributed by atoms with Gasteiger partial charge in [-0.3, -0.25) is 4.79 Å². The Morgan fingerprint density at radius 1 is 1.41 bits per heavy atom. The van der Waals surface area contributed by atoms with Crippen LogP contribution in [0.4, 0.5) is 0 Å². The summed E-state index contributed by atoms with van der Waals surface area (Å²) in [5.41, 5.74) is 0. The van der Waals surface area contributed by atoms with E-state index in [4.69, 9.17) is 4.74 Å². The van der Waals surface area contributed by atoms with E-state index in [1.54, 1.807) is 0 Å². The van der Waals surface area contributed by atoms with Crippen molar-refractivity contribution >= 4 is 5.91 Å². The highest BCUT2D eigenvalue weighted by Crippen LogP contribution is 2.26. The van der Waals surface area contributed by atoms with Gasteiger partial charge in [-0.05, 0) is 39.0 Å². The summed E-state index contributed by atoms with van der Waals surface area (Å²) >= 11 is 0. The normalized spacial score (nSPS) is 28.4. The summed E-state index contributed by atoms with van der Waals surface area (Å²) in [5, 5.41) is 3.28. The van der Waals surface area contributed by atoms with Crippen molar-refractivity contribution in [1.29, 1.82) is 0 Å². The highest BCUT2D eigenvalue weighted by Gasteiger charge is 2.31. The van der Waals surface area contributed by atoms with Crippen molar-refractivity contribution in [3.63, 3.8) is 0 Å². The molecule has 1 saturated heterocycles. The van der Waals surface area contributed by atoms with Crippen LogP contribution in [0.1, 0.15) is 33.1 Å². The Labute approximate surface area is 104 Å². The molecule has 2 unspecified atom stereocenters. The van der Waals surface area contributed by atoms with Gasteiger partial charge < -0.3 is 15.0 Å². The van der Waals surface area contributed by atoms with Crippen molar-refractivity contribution < 1.29 is 9.53 Å². The van der Waals surface area contributed by atoms with Crippen molar-refractivity contribution in [3.05, 3.63) is 0 Å². The van der Waals surface area contributed by atoms with Crippen LogP contribution in [0.25, 0.3) is 0 Å². The number of carbonyl (C=O) groups excluding carboxylic acids is 1. The summed E-state index contributed by atoms with van der Waals surface area (Å²) < 4.78 is 5.50. The van der Waals surface area contributed by atoms with Crippen molar-refractivity contribution in [2.75, 3.05) is 26.2 Å². The van der Waals surface area contributed by atoms with E-state index in [2.05, 4.69) is 19.2 Å². The standard InChI is InChI=1S/C13H24N2O2/c1-3-15(12-4-5-12)13(16)9-14-8-11-6-7-17-10(11)2/h10-12,14H,3-9H2,1-2H3. The molecule has 1 heterocycles. The molecule has 4 nitrogen and oxygen atoms in total. The zero-order valence-electron chi connectivity index (χ0n) is 10.9. The predicted octanol–water partition coefficient (Wildman–Crippen LogP) is 1.01. The summed E-state index contributed by atoms with van der Waals surface area (Å²) in [5.74, 6) is 0.820. The topological polar surface area (TPSA) is 41.6 Å². The first-order valence-electron chi connectivity index (χ1n) is 6.84. The molecule has 2 fully saturated rings. The first-order chi connectivity index (χ1) is 8.22. The highest BCUT2D eigenvalue weighted by atomic mass is 16.5. The average Bonchev–Trinajstić information content (AvgIpc) is 3.05. The summed E-state index contributed by atoms with van der Waals surface area (Å²) in [6.07, 6.45) is 3.83. The van der Waals surface area contributed by atoms with Crippen LogP contribution in [0.2, 0.25) is 0 Å². The lowest BCUT2D eigenvalue weighted by molar-refractivity contribution is -0.130. The van der Waals surface area contributed by atoms with E-state index < -0.39 is 0 Å². The molecule has 0 aromatic heterocycles. The number of nitrogens with zero attached hydrogens (tertiary/aromatic N) is 1. The molecular weight excluding hydrogens is 216 g/mol. The third-order valence-corrected chi connectivity index (χ3v) is 3.86. The van der Waals surface area contributed by atoms with Crippen LogP contribution < -0.4 is 5.32 Å². The lowest BCUT2D eigenvalue weighted by atomic mass is 10.0. The molecule has 0 spiro atoms. The molecule has 2 aliphatic rings. The van der Waals surface area contributed by atoms with Crippen LogP contribution in [0.3, 0.4) is 0 Å². The second kappa shape index (κ2) is 5.83. The molecule has 98 valence electrons. The van der Waals surface area contributed by atoms with Gasteiger partial charge >= 0.3 is 0 Å². The third-order valence-electron chi connectivity index (χ3n) is 3.86. The number of ether oxygens (including phenoxy) is 1. The van der Waals surface area contributed by atoms with E-state index >= 15 is 0 Å². The molecule has 0 aromatic carbocycles. The Morgan fingerprint density at radius 2 is 2.18 bits per heavy atom. The van der Waals surface area contributed by atoms with Crippen LogP contribution in [-0.4, -0.2) is 49.2 Å². The van der Waals surface area contributed by atoms with Gasteiger partial charge in [0.15, 0.2) is 0 Å². The van der Waals surface area contributed by atoms with E-state index in [0.29, 0.717) is 24.6 Å². The van der Waals surface area contributed by atoms with E-state index in [0.717, 1.165) is 26.1 Å². The largest absolute Gasteiger partial charge is 0.378 e. The maximum atomic E-state index is 11.9. The van der Waals surface area contributed by atoms with Gasteiger partial charge in [0.25, 0.3) is 0 Å². The summed E-state index contributed by atoms with van der Waals surface area (Å²) in [6, 6.07) is 0.531. The van der Waals surface area contributed by atoms with E-state index in [1.165, 1.54) is 12.8 Å². The fourth-order valence-corrected chi connectivity index (χ4v) is 2.53. The average molecular weight is 240 g/mol. The fourth-order valence-electron chi connectivity index (χ4n) is 2.53. The lowest BCUT2D eigenvalue weighted by Crippen LogP contribution is -2.41. The minimum absolute atomic E-state index is 0.251. The zero-order chi connectivity index (χ0) is 12.3. The molecule has 17 heavy (non-hydrogen) atoms. The van der Waals surface area contributed by atoms with Crippen molar-refractivity contribution in [3.8, 4) is 0 Å². The number of rotatable bonds is 6. The molecule has 1 aliphatic carbocycles. The van der Waals surface area contributed by atoms with Gasteiger partial charge in [0.05, 0.1) is 12.6 Å². The van der Waals surface area contributed by atoms with Gasteiger partial charge in [0.1, 0.15) is 0 Å². The van der Waals surface area contributed by atoms with Gasteiger partial charge in [0, 0.05) is 25.7 Å². The van der Waals surface area contributed by atoms with E-state index in [-0.39, 0.29) is 5.91 Å². The Bertz CT molecular complexity index is 266. The molecule has 1 N–H and O–H groups in total. The maximum absolute atomic E-state index is 11.9. The van der Waals surface area contributed by atoms with Crippen LogP contribution in [0, 0.1) is 5.92 Å². The molecule has 4 heteroatoms. The van der Waals surface area contributed by atoms with Gasteiger partial charge in [0.2, 0.25) is 5.91 Å². The molecule has 1 aliphatic heterocycles. The smallest absolute Gasteiger partial charge is 0.236 e. The Hall–Kier alpha value is -0.610. The highest BCUT2D eigenvalue weighted by molar-refractivity contribution is 5.78. The zero-order valence-corrected chi connectivity index (χ0v) is 10.9. The number of nitrogens with one attached hydrogen (secondary N) is 1. The Kier molecular flexibility index (Phi) is 4.40. The fraction of sp³-hybridized carbons (Fsp3) is 0.923.